The predicted octanol–water partition coefficient (Wildman–Crippen LogP) is 1.97. The molecule has 3 nitrogen and oxygen atoms in total. The molecule has 4 heteroatoms. The number of carbonyl (C=O) groups is 1. The quantitative estimate of drug-likeness (QED) is 0.710. The zero-order valence-electron chi connectivity index (χ0n) is 9.51. The third kappa shape index (κ3) is 4.60. The van der Waals surface area contributed by atoms with Crippen molar-refractivity contribution in [3.63, 3.8) is 0 Å². The molecule has 0 bridgehead atoms. The van der Waals surface area contributed by atoms with Gasteiger partial charge in [-0.3, -0.25) is 4.79 Å². The molecule has 0 atom stereocenters. The molecule has 1 amide bonds. The lowest BCUT2D eigenvalue weighted by Gasteiger charge is -2.24. The Morgan fingerprint density at radius 2 is 1.87 bits per heavy atom. The van der Waals surface area contributed by atoms with Gasteiger partial charge >= 0.3 is 0 Å². The minimum atomic E-state index is -0.0175. The molecule has 0 unspecified atom stereocenters. The lowest BCUT2D eigenvalue weighted by molar-refractivity contribution is -0.122. The summed E-state index contributed by atoms with van der Waals surface area (Å²) in [5.41, 5.74) is 0. The predicted molar refractivity (Wildman–Crippen MR) is 65.6 cm³/mol. The molecule has 1 aliphatic rings. The molecule has 0 aromatic heterocycles. The molecular weight excluding hydrogens is 208 g/mol. The Hall–Kier alpha value is -0.640. The molecule has 0 aromatic rings. The van der Waals surface area contributed by atoms with Crippen LogP contribution in [0, 0.1) is 5.92 Å². The summed E-state index contributed by atoms with van der Waals surface area (Å²) in [4.78, 5) is 11.4. The third-order valence-corrected chi connectivity index (χ3v) is 2.92. The van der Waals surface area contributed by atoms with E-state index in [4.69, 9.17) is 12.2 Å². The average molecular weight is 228 g/mol. The molecule has 0 aromatic carbocycles. The Morgan fingerprint density at radius 3 is 2.40 bits per heavy atom. The average Bonchev–Trinajstić information content (AvgIpc) is 2.18. The number of amides is 1. The van der Waals surface area contributed by atoms with Crippen LogP contribution in [0.25, 0.3) is 0 Å². The van der Waals surface area contributed by atoms with E-state index in [1.165, 1.54) is 19.3 Å². The second kappa shape index (κ2) is 6.05. The summed E-state index contributed by atoms with van der Waals surface area (Å²) in [5, 5.41) is 6.40. The van der Waals surface area contributed by atoms with Crippen LogP contribution in [-0.4, -0.2) is 17.1 Å². The van der Waals surface area contributed by atoms with Crippen LogP contribution in [0.15, 0.2) is 0 Å². The fraction of sp³-hybridized carbons (Fsp3) is 0.818. The fourth-order valence-corrected chi connectivity index (χ4v) is 1.99. The van der Waals surface area contributed by atoms with Crippen LogP contribution < -0.4 is 10.6 Å². The molecule has 0 heterocycles. The summed E-state index contributed by atoms with van der Waals surface area (Å²) in [6, 6.07) is 0.457. The molecule has 86 valence electrons. The lowest BCUT2D eigenvalue weighted by atomic mass is 9.96. The number of thiocarbonyl (C=S) groups is 1. The largest absolute Gasteiger partial charge is 0.360 e. The SMILES string of the molecule is CC(C)C(=O)NC(=S)NC1CCCCC1. The van der Waals surface area contributed by atoms with Gasteiger partial charge in [0.1, 0.15) is 0 Å². The second-order valence-corrected chi connectivity index (χ2v) is 4.86. The molecule has 0 aliphatic heterocycles. The van der Waals surface area contributed by atoms with Crippen molar-refractivity contribution in [3.8, 4) is 0 Å². The van der Waals surface area contributed by atoms with Crippen LogP contribution in [0.1, 0.15) is 46.0 Å². The van der Waals surface area contributed by atoms with E-state index in [2.05, 4.69) is 10.6 Å². The van der Waals surface area contributed by atoms with Crippen LogP contribution in [0.3, 0.4) is 0 Å². The van der Waals surface area contributed by atoms with Gasteiger partial charge in [0, 0.05) is 12.0 Å². The minimum Gasteiger partial charge on any atom is -0.360 e. The summed E-state index contributed by atoms with van der Waals surface area (Å²) in [5.74, 6) is -0.0283. The van der Waals surface area contributed by atoms with E-state index in [0.717, 1.165) is 12.8 Å². The zero-order valence-corrected chi connectivity index (χ0v) is 10.3. The molecule has 1 rings (SSSR count). The van der Waals surface area contributed by atoms with Crippen molar-refractivity contribution in [1.29, 1.82) is 0 Å². The standard InChI is InChI=1S/C11H20N2OS/c1-8(2)10(14)13-11(15)12-9-6-4-3-5-7-9/h8-9H,3-7H2,1-2H3,(H2,12,13,14,15). The van der Waals surface area contributed by atoms with Crippen molar-refractivity contribution in [2.24, 2.45) is 5.92 Å². The van der Waals surface area contributed by atoms with Crippen molar-refractivity contribution in [2.75, 3.05) is 0 Å². The van der Waals surface area contributed by atoms with Crippen molar-refractivity contribution in [1.82, 2.24) is 10.6 Å². The Balaban J connectivity index is 2.25. The van der Waals surface area contributed by atoms with E-state index < -0.39 is 0 Å². The van der Waals surface area contributed by atoms with Gasteiger partial charge < -0.3 is 10.6 Å². The van der Waals surface area contributed by atoms with Crippen LogP contribution in [-0.2, 0) is 4.79 Å². The van der Waals surface area contributed by atoms with E-state index in [1.54, 1.807) is 0 Å². The number of nitrogens with one attached hydrogen (secondary N) is 2. The van der Waals surface area contributed by atoms with Crippen molar-refractivity contribution in [3.05, 3.63) is 0 Å². The molecule has 1 saturated carbocycles. The third-order valence-electron chi connectivity index (χ3n) is 2.70. The van der Waals surface area contributed by atoms with E-state index in [9.17, 15) is 4.79 Å². The van der Waals surface area contributed by atoms with Gasteiger partial charge in [0.15, 0.2) is 5.11 Å². The molecular formula is C11H20N2OS. The Kier molecular flexibility index (Phi) is 5.02. The summed E-state index contributed by atoms with van der Waals surface area (Å²) >= 11 is 5.09. The first kappa shape index (κ1) is 12.4. The van der Waals surface area contributed by atoms with Gasteiger partial charge in [-0.05, 0) is 25.1 Å². The van der Waals surface area contributed by atoms with Gasteiger partial charge in [-0.1, -0.05) is 33.1 Å². The molecule has 2 N–H and O–H groups in total. The van der Waals surface area contributed by atoms with Gasteiger partial charge in [0.25, 0.3) is 0 Å². The normalized spacial score (nSPS) is 17.5. The maximum Gasteiger partial charge on any atom is 0.228 e. The number of rotatable bonds is 2. The Labute approximate surface area is 97.0 Å². The highest BCUT2D eigenvalue weighted by Crippen LogP contribution is 2.17. The van der Waals surface area contributed by atoms with E-state index >= 15 is 0 Å². The van der Waals surface area contributed by atoms with Crippen LogP contribution in [0.2, 0.25) is 0 Å². The van der Waals surface area contributed by atoms with Crippen molar-refractivity contribution >= 4 is 23.2 Å². The number of carbonyl (C=O) groups excluding carboxylic acids is 1. The van der Waals surface area contributed by atoms with Gasteiger partial charge in [0.2, 0.25) is 5.91 Å². The van der Waals surface area contributed by atoms with Gasteiger partial charge in [0.05, 0.1) is 0 Å². The molecule has 15 heavy (non-hydrogen) atoms. The monoisotopic (exact) mass is 228 g/mol. The molecule has 0 spiro atoms. The summed E-state index contributed by atoms with van der Waals surface area (Å²) < 4.78 is 0. The first-order valence-electron chi connectivity index (χ1n) is 5.71. The zero-order chi connectivity index (χ0) is 11.3. The fourth-order valence-electron chi connectivity index (χ4n) is 1.72. The van der Waals surface area contributed by atoms with Crippen LogP contribution in [0.4, 0.5) is 0 Å². The molecule has 1 aliphatic carbocycles. The molecule has 0 saturated heterocycles. The van der Waals surface area contributed by atoms with E-state index in [-0.39, 0.29) is 11.8 Å². The minimum absolute atomic E-state index is 0.0108. The molecule has 0 radical (unpaired) electrons. The molecule has 1 fully saturated rings. The number of hydrogen-bond acceptors (Lipinski definition) is 2. The Bertz CT molecular complexity index is 235. The van der Waals surface area contributed by atoms with E-state index in [1.807, 2.05) is 13.8 Å². The summed E-state index contributed by atoms with van der Waals surface area (Å²) in [6.45, 7) is 3.72. The highest BCUT2D eigenvalue weighted by Gasteiger charge is 2.15. The smallest absolute Gasteiger partial charge is 0.228 e. The van der Waals surface area contributed by atoms with Gasteiger partial charge in [-0.15, -0.1) is 0 Å². The maximum absolute atomic E-state index is 11.4. The van der Waals surface area contributed by atoms with Crippen LogP contribution >= 0.6 is 12.2 Å². The Morgan fingerprint density at radius 1 is 1.27 bits per heavy atom. The topological polar surface area (TPSA) is 41.1 Å². The maximum atomic E-state index is 11.4. The van der Waals surface area contributed by atoms with Gasteiger partial charge in [-0.25, -0.2) is 0 Å². The number of hydrogen-bond donors (Lipinski definition) is 2. The first-order valence-corrected chi connectivity index (χ1v) is 6.12. The summed E-state index contributed by atoms with van der Waals surface area (Å²) in [6.07, 6.45) is 6.18. The van der Waals surface area contributed by atoms with Crippen molar-refractivity contribution in [2.45, 2.75) is 52.0 Å². The lowest BCUT2D eigenvalue weighted by Crippen LogP contribution is -2.46. The van der Waals surface area contributed by atoms with Crippen molar-refractivity contribution < 1.29 is 4.79 Å². The highest BCUT2D eigenvalue weighted by molar-refractivity contribution is 7.80. The summed E-state index contributed by atoms with van der Waals surface area (Å²) in [7, 11) is 0. The highest BCUT2D eigenvalue weighted by atomic mass is 32.1. The van der Waals surface area contributed by atoms with Crippen LogP contribution in [0.5, 0.6) is 0 Å². The van der Waals surface area contributed by atoms with Gasteiger partial charge in [-0.2, -0.15) is 0 Å². The second-order valence-electron chi connectivity index (χ2n) is 4.45. The first-order chi connectivity index (χ1) is 7.09. The van der Waals surface area contributed by atoms with E-state index in [0.29, 0.717) is 11.2 Å².